The first kappa shape index (κ1) is 30.7. The van der Waals surface area contributed by atoms with Gasteiger partial charge in [0.05, 0.1) is 0 Å². The van der Waals surface area contributed by atoms with E-state index < -0.39 is 0 Å². The average molecular weight is 473 g/mol. The Hall–Kier alpha value is -1.31. The van der Waals surface area contributed by atoms with E-state index in [1.807, 2.05) is 0 Å². The summed E-state index contributed by atoms with van der Waals surface area (Å²) in [6.07, 6.45) is 14.5. The van der Waals surface area contributed by atoms with Crippen LogP contribution in [0, 0.1) is 50.9 Å². The first-order valence-corrected chi connectivity index (χ1v) is 14.1. The Labute approximate surface area is 212 Å². The maximum Gasteiger partial charge on any atom is 0.298 e. The summed E-state index contributed by atoms with van der Waals surface area (Å²) in [6.45, 7) is 23.5. The maximum atomic E-state index is 11.0. The third kappa shape index (κ3) is 10.5. The average Bonchev–Trinajstić information content (AvgIpc) is 2.74. The van der Waals surface area contributed by atoms with Gasteiger partial charge < -0.3 is 4.74 Å². The topological polar surface area (TPSA) is 26.3 Å². The predicted molar refractivity (Wildman–Crippen MR) is 149 cm³/mol. The highest BCUT2D eigenvalue weighted by molar-refractivity contribution is 5.58. The van der Waals surface area contributed by atoms with Gasteiger partial charge >= 0.3 is 0 Å². The molecule has 0 saturated heterocycles. The van der Waals surface area contributed by atoms with Crippen LogP contribution in [0.1, 0.15) is 134 Å². The lowest BCUT2D eigenvalue weighted by Gasteiger charge is -2.27. The van der Waals surface area contributed by atoms with Crippen molar-refractivity contribution in [3.63, 3.8) is 0 Å². The highest BCUT2D eigenvalue weighted by Crippen LogP contribution is 2.36. The molecule has 2 nitrogen and oxygen atoms in total. The van der Waals surface area contributed by atoms with Gasteiger partial charge in [0.2, 0.25) is 0 Å². The molecule has 2 heteroatoms. The molecule has 0 unspecified atom stereocenters. The van der Waals surface area contributed by atoms with Crippen molar-refractivity contribution in [3.05, 3.63) is 27.8 Å². The minimum atomic E-state index is 0.327. The fraction of sp³-hybridized carbons (Fsp3) is 0.781. The second kappa shape index (κ2) is 14.9. The molecule has 0 aliphatic carbocycles. The molecule has 0 spiro atoms. The normalized spacial score (nSPS) is 13.9. The van der Waals surface area contributed by atoms with Crippen LogP contribution in [-0.4, -0.2) is 6.47 Å². The molecule has 0 aliphatic rings. The van der Waals surface area contributed by atoms with Gasteiger partial charge in [-0.1, -0.05) is 92.9 Å². The van der Waals surface area contributed by atoms with Crippen molar-refractivity contribution >= 4 is 6.47 Å². The zero-order chi connectivity index (χ0) is 25.9. The van der Waals surface area contributed by atoms with Gasteiger partial charge in [0, 0.05) is 0 Å². The van der Waals surface area contributed by atoms with E-state index in [-0.39, 0.29) is 0 Å². The lowest BCUT2D eigenvalue weighted by atomic mass is 9.79. The standard InChI is InChI=1S/C32H56O2/c1-23(2)14-11-15-24(3)16-12-17-25(4)18-13-20-32(9,10)21-19-30-27(6)26(5)28(7)31(29(30)8)34-22-33/h22-25H,11-21H2,1-10H3/t24-,25-/m1/s1. The Morgan fingerprint density at radius 2 is 1.24 bits per heavy atom. The van der Waals surface area contributed by atoms with Crippen molar-refractivity contribution < 1.29 is 9.53 Å². The highest BCUT2D eigenvalue weighted by atomic mass is 16.5. The molecule has 0 fully saturated rings. The summed E-state index contributed by atoms with van der Waals surface area (Å²) in [7, 11) is 0. The van der Waals surface area contributed by atoms with E-state index in [9.17, 15) is 4.79 Å². The van der Waals surface area contributed by atoms with E-state index in [4.69, 9.17) is 4.74 Å². The molecule has 1 rings (SSSR count). The summed E-state index contributed by atoms with van der Waals surface area (Å²) in [5.41, 5.74) is 6.52. The Morgan fingerprint density at radius 1 is 0.706 bits per heavy atom. The van der Waals surface area contributed by atoms with Crippen molar-refractivity contribution in [3.8, 4) is 5.75 Å². The molecule has 1 aromatic rings. The highest BCUT2D eigenvalue weighted by Gasteiger charge is 2.21. The molecule has 0 saturated carbocycles. The minimum absolute atomic E-state index is 0.327. The number of hydrogen-bond donors (Lipinski definition) is 0. The molecule has 1 aromatic carbocycles. The monoisotopic (exact) mass is 472 g/mol. The first-order valence-electron chi connectivity index (χ1n) is 14.1. The molecular formula is C32H56O2. The third-order valence-electron chi connectivity index (χ3n) is 8.35. The number of benzene rings is 1. The van der Waals surface area contributed by atoms with Gasteiger partial charge in [-0.05, 0) is 97.9 Å². The molecular weight excluding hydrogens is 416 g/mol. The van der Waals surface area contributed by atoms with Gasteiger partial charge in [-0.25, -0.2) is 0 Å². The van der Waals surface area contributed by atoms with Crippen LogP contribution >= 0.6 is 0 Å². The fourth-order valence-electron chi connectivity index (χ4n) is 5.47. The maximum absolute atomic E-state index is 11.0. The third-order valence-corrected chi connectivity index (χ3v) is 8.35. The molecule has 0 amide bonds. The largest absolute Gasteiger partial charge is 0.428 e. The summed E-state index contributed by atoms with van der Waals surface area (Å²) in [5, 5.41) is 0. The van der Waals surface area contributed by atoms with Crippen LogP contribution in [0.5, 0.6) is 5.75 Å². The van der Waals surface area contributed by atoms with Gasteiger partial charge in [-0.3, -0.25) is 4.79 Å². The Bertz CT molecular complexity index is 744. The Balaban J connectivity index is 2.45. The van der Waals surface area contributed by atoms with Gasteiger partial charge in [-0.2, -0.15) is 0 Å². The van der Waals surface area contributed by atoms with E-state index in [0.717, 1.165) is 41.1 Å². The van der Waals surface area contributed by atoms with Crippen LogP contribution < -0.4 is 4.74 Å². The summed E-state index contributed by atoms with van der Waals surface area (Å²) in [6, 6.07) is 0. The molecule has 0 N–H and O–H groups in total. The van der Waals surface area contributed by atoms with Crippen LogP contribution in [0.3, 0.4) is 0 Å². The van der Waals surface area contributed by atoms with Crippen molar-refractivity contribution in [2.45, 2.75) is 140 Å². The first-order chi connectivity index (χ1) is 15.9. The Morgan fingerprint density at radius 3 is 1.76 bits per heavy atom. The van der Waals surface area contributed by atoms with E-state index in [1.54, 1.807) is 0 Å². The number of hydrogen-bond acceptors (Lipinski definition) is 2. The van der Waals surface area contributed by atoms with E-state index in [2.05, 4.69) is 69.2 Å². The number of ether oxygens (including phenoxy) is 1. The Kier molecular flexibility index (Phi) is 13.5. The summed E-state index contributed by atoms with van der Waals surface area (Å²) in [4.78, 5) is 11.0. The van der Waals surface area contributed by atoms with Gasteiger partial charge in [0.25, 0.3) is 6.47 Å². The lowest BCUT2D eigenvalue weighted by molar-refractivity contribution is -0.120. The molecule has 0 aromatic heterocycles. The number of carbonyl (C=O) groups excluding carboxylic acids is 1. The second-order valence-corrected chi connectivity index (χ2v) is 12.5. The van der Waals surface area contributed by atoms with Crippen molar-refractivity contribution in [1.82, 2.24) is 0 Å². The summed E-state index contributed by atoms with van der Waals surface area (Å²) in [5.74, 6) is 3.33. The number of carbonyl (C=O) groups is 1. The van der Waals surface area contributed by atoms with Gasteiger partial charge in [0.15, 0.2) is 0 Å². The molecule has 34 heavy (non-hydrogen) atoms. The number of rotatable bonds is 17. The molecule has 0 bridgehead atoms. The van der Waals surface area contributed by atoms with Crippen LogP contribution in [0.25, 0.3) is 0 Å². The molecule has 196 valence electrons. The zero-order valence-electron chi connectivity index (χ0n) is 24.4. The molecule has 2 atom stereocenters. The SMILES string of the molecule is Cc1c(C)c(CCC(C)(C)CCC[C@H](C)CCC[C@H](C)CCCC(C)C)c(C)c(OC=O)c1C. The van der Waals surface area contributed by atoms with Crippen molar-refractivity contribution in [2.75, 3.05) is 0 Å². The second-order valence-electron chi connectivity index (χ2n) is 12.5. The van der Waals surface area contributed by atoms with E-state index >= 15 is 0 Å². The molecule has 0 heterocycles. The molecule has 0 aliphatic heterocycles. The van der Waals surface area contributed by atoms with E-state index in [0.29, 0.717) is 11.9 Å². The van der Waals surface area contributed by atoms with Gasteiger partial charge in [-0.15, -0.1) is 0 Å². The van der Waals surface area contributed by atoms with Crippen LogP contribution in [0.2, 0.25) is 0 Å². The minimum Gasteiger partial charge on any atom is -0.428 e. The van der Waals surface area contributed by atoms with Crippen molar-refractivity contribution in [1.29, 1.82) is 0 Å². The van der Waals surface area contributed by atoms with Gasteiger partial charge in [0.1, 0.15) is 5.75 Å². The summed E-state index contributed by atoms with van der Waals surface area (Å²) < 4.78 is 5.36. The summed E-state index contributed by atoms with van der Waals surface area (Å²) >= 11 is 0. The zero-order valence-corrected chi connectivity index (χ0v) is 24.4. The smallest absolute Gasteiger partial charge is 0.298 e. The fourth-order valence-corrected chi connectivity index (χ4v) is 5.47. The van der Waals surface area contributed by atoms with Crippen molar-refractivity contribution in [2.24, 2.45) is 23.2 Å². The predicted octanol–water partition coefficient (Wildman–Crippen LogP) is 9.85. The van der Waals surface area contributed by atoms with Crippen LogP contribution in [-0.2, 0) is 11.2 Å². The lowest BCUT2D eigenvalue weighted by Crippen LogP contribution is -2.15. The quantitative estimate of drug-likeness (QED) is 0.211. The molecule has 0 radical (unpaired) electrons. The van der Waals surface area contributed by atoms with Crippen LogP contribution in [0.15, 0.2) is 0 Å². The van der Waals surface area contributed by atoms with E-state index in [1.165, 1.54) is 80.9 Å². The van der Waals surface area contributed by atoms with Crippen LogP contribution in [0.4, 0.5) is 0 Å².